The fourth-order valence-electron chi connectivity index (χ4n) is 1.94. The Labute approximate surface area is 104 Å². The van der Waals surface area contributed by atoms with Crippen molar-refractivity contribution in [3.8, 4) is 0 Å². The van der Waals surface area contributed by atoms with Crippen molar-refractivity contribution < 1.29 is 14.3 Å². The first kappa shape index (κ1) is 14.1. The molecular weight excluding hydrogens is 217 g/mol. The standard InChI is InChI=1S/C12H20BNO3/c1-12(2,3)17-11(16)14-7-5-4-6-9(14)10(15)8-13/h9H,4-8H2,1-3H3/t9-/m0/s1. The zero-order valence-corrected chi connectivity index (χ0v) is 10.9. The van der Waals surface area contributed by atoms with Crippen LogP contribution in [0.25, 0.3) is 0 Å². The van der Waals surface area contributed by atoms with Crippen LogP contribution in [0.2, 0.25) is 6.32 Å². The second-order valence-electron chi connectivity index (χ2n) is 5.36. The van der Waals surface area contributed by atoms with E-state index in [0.29, 0.717) is 13.0 Å². The van der Waals surface area contributed by atoms with Gasteiger partial charge in [-0.1, -0.05) is 0 Å². The Morgan fingerprint density at radius 3 is 2.53 bits per heavy atom. The van der Waals surface area contributed by atoms with E-state index in [0.717, 1.165) is 12.8 Å². The van der Waals surface area contributed by atoms with Gasteiger partial charge in [-0.05, 0) is 46.4 Å². The van der Waals surface area contributed by atoms with Crippen molar-refractivity contribution in [2.75, 3.05) is 6.54 Å². The van der Waals surface area contributed by atoms with Crippen molar-refractivity contribution in [1.82, 2.24) is 4.90 Å². The first-order valence-corrected chi connectivity index (χ1v) is 6.07. The topological polar surface area (TPSA) is 46.6 Å². The molecule has 2 radical (unpaired) electrons. The lowest BCUT2D eigenvalue weighted by Gasteiger charge is -2.35. The molecule has 0 N–H and O–H groups in total. The number of hydrogen-bond acceptors (Lipinski definition) is 3. The van der Waals surface area contributed by atoms with Crippen molar-refractivity contribution in [2.24, 2.45) is 0 Å². The van der Waals surface area contributed by atoms with Gasteiger partial charge >= 0.3 is 6.09 Å². The van der Waals surface area contributed by atoms with Crippen LogP contribution in [-0.4, -0.2) is 42.8 Å². The van der Waals surface area contributed by atoms with Crippen LogP contribution >= 0.6 is 0 Å². The molecule has 0 aromatic heterocycles. The van der Waals surface area contributed by atoms with Crippen molar-refractivity contribution in [2.45, 2.75) is 58.0 Å². The smallest absolute Gasteiger partial charge is 0.410 e. The Morgan fingerprint density at radius 2 is 2.00 bits per heavy atom. The number of carbonyl (C=O) groups excluding carboxylic acids is 2. The maximum atomic E-state index is 12.0. The number of ketones is 1. The molecule has 0 bridgehead atoms. The van der Waals surface area contributed by atoms with E-state index in [1.54, 1.807) is 0 Å². The highest BCUT2D eigenvalue weighted by atomic mass is 16.6. The summed E-state index contributed by atoms with van der Waals surface area (Å²) in [5.74, 6) is -0.0874. The predicted molar refractivity (Wildman–Crippen MR) is 66.1 cm³/mol. The Hall–Kier alpha value is -0.995. The molecule has 0 unspecified atom stereocenters. The lowest BCUT2D eigenvalue weighted by atomic mass is 9.90. The van der Waals surface area contributed by atoms with Crippen LogP contribution in [0.4, 0.5) is 4.79 Å². The minimum absolute atomic E-state index is 0.0238. The lowest BCUT2D eigenvalue weighted by molar-refractivity contribution is -0.123. The molecule has 5 heteroatoms. The van der Waals surface area contributed by atoms with Gasteiger partial charge < -0.3 is 4.74 Å². The van der Waals surface area contributed by atoms with Gasteiger partial charge in [0.05, 0.1) is 13.9 Å². The molecule has 1 aliphatic rings. The molecule has 1 heterocycles. The van der Waals surface area contributed by atoms with Crippen molar-refractivity contribution >= 4 is 19.7 Å². The Balaban J connectivity index is 2.71. The molecule has 94 valence electrons. The fraction of sp³-hybridized carbons (Fsp3) is 0.833. The number of nitrogens with zero attached hydrogens (tertiary/aromatic N) is 1. The highest BCUT2D eigenvalue weighted by molar-refractivity contribution is 6.21. The van der Waals surface area contributed by atoms with Gasteiger partial charge in [0.1, 0.15) is 11.4 Å². The highest BCUT2D eigenvalue weighted by Gasteiger charge is 2.33. The van der Waals surface area contributed by atoms with E-state index in [-0.39, 0.29) is 12.1 Å². The number of Topliss-reactive ketones (excluding diaryl/α,β-unsaturated/α-hetero) is 1. The molecule has 1 rings (SSSR count). The van der Waals surface area contributed by atoms with Crippen LogP contribution < -0.4 is 0 Å². The van der Waals surface area contributed by atoms with E-state index in [1.807, 2.05) is 20.8 Å². The summed E-state index contributed by atoms with van der Waals surface area (Å²) >= 11 is 0. The van der Waals surface area contributed by atoms with Crippen molar-refractivity contribution in [3.63, 3.8) is 0 Å². The molecule has 0 aromatic carbocycles. The second kappa shape index (κ2) is 5.56. The summed E-state index contributed by atoms with van der Waals surface area (Å²) in [7, 11) is 5.36. The molecule has 17 heavy (non-hydrogen) atoms. The second-order valence-corrected chi connectivity index (χ2v) is 5.36. The molecular formula is C12H20BNO3. The molecule has 4 nitrogen and oxygen atoms in total. The number of ether oxygens (including phenoxy) is 1. The summed E-state index contributed by atoms with van der Waals surface area (Å²) in [4.78, 5) is 25.1. The van der Waals surface area contributed by atoms with E-state index in [9.17, 15) is 9.59 Å². The maximum Gasteiger partial charge on any atom is 0.410 e. The Morgan fingerprint density at radius 1 is 1.35 bits per heavy atom. The van der Waals surface area contributed by atoms with Crippen LogP contribution in [0.1, 0.15) is 40.0 Å². The first-order valence-electron chi connectivity index (χ1n) is 6.07. The molecule has 1 saturated heterocycles. The van der Waals surface area contributed by atoms with E-state index in [1.165, 1.54) is 4.90 Å². The van der Waals surface area contributed by atoms with E-state index >= 15 is 0 Å². The van der Waals surface area contributed by atoms with Crippen molar-refractivity contribution in [3.05, 3.63) is 0 Å². The first-order chi connectivity index (χ1) is 7.85. The minimum atomic E-state index is -0.537. The number of amides is 1. The highest BCUT2D eigenvalue weighted by Crippen LogP contribution is 2.21. The molecule has 0 aliphatic carbocycles. The molecule has 0 spiro atoms. The van der Waals surface area contributed by atoms with Gasteiger partial charge in [-0.25, -0.2) is 4.79 Å². The summed E-state index contributed by atoms with van der Waals surface area (Å²) in [6.45, 7) is 6.02. The molecule has 0 saturated carbocycles. The summed E-state index contributed by atoms with van der Waals surface area (Å²) in [6.07, 6.45) is 2.12. The van der Waals surface area contributed by atoms with Gasteiger partial charge in [-0.2, -0.15) is 0 Å². The number of rotatable bonds is 2. The van der Waals surface area contributed by atoms with Crippen LogP contribution in [0, 0.1) is 0 Å². The van der Waals surface area contributed by atoms with Crippen molar-refractivity contribution in [1.29, 1.82) is 0 Å². The average Bonchev–Trinajstić information content (AvgIpc) is 2.25. The fourth-order valence-corrected chi connectivity index (χ4v) is 1.94. The normalized spacial score (nSPS) is 21.1. The third-order valence-electron chi connectivity index (χ3n) is 2.70. The number of carbonyl (C=O) groups is 2. The predicted octanol–water partition coefficient (Wildman–Crippen LogP) is 1.93. The molecule has 1 aliphatic heterocycles. The largest absolute Gasteiger partial charge is 0.444 e. The third kappa shape index (κ3) is 4.06. The molecule has 1 fully saturated rings. The summed E-state index contributed by atoms with van der Waals surface area (Å²) < 4.78 is 5.30. The quantitative estimate of drug-likeness (QED) is 0.689. The number of hydrogen-bond donors (Lipinski definition) is 0. The van der Waals surface area contributed by atoms with Crippen LogP contribution in [0.15, 0.2) is 0 Å². The molecule has 1 amide bonds. The lowest BCUT2D eigenvalue weighted by Crippen LogP contribution is -2.49. The summed E-state index contributed by atoms with van der Waals surface area (Å²) in [5, 5.41) is 0. The van der Waals surface area contributed by atoms with Gasteiger partial charge in [0.25, 0.3) is 0 Å². The van der Waals surface area contributed by atoms with E-state index in [4.69, 9.17) is 12.6 Å². The SMILES string of the molecule is [B]CC(=O)[C@@H]1CCCCN1C(=O)OC(C)(C)C. The van der Waals surface area contributed by atoms with Crippen LogP contribution in [0.5, 0.6) is 0 Å². The zero-order valence-electron chi connectivity index (χ0n) is 10.9. The summed E-state index contributed by atoms with van der Waals surface area (Å²) in [5.41, 5.74) is -0.537. The molecule has 0 aromatic rings. The van der Waals surface area contributed by atoms with E-state index < -0.39 is 17.7 Å². The van der Waals surface area contributed by atoms with E-state index in [2.05, 4.69) is 0 Å². The Kier molecular flexibility index (Phi) is 4.60. The minimum Gasteiger partial charge on any atom is -0.444 e. The summed E-state index contributed by atoms with van der Waals surface area (Å²) in [6, 6.07) is -0.399. The third-order valence-corrected chi connectivity index (χ3v) is 2.70. The zero-order chi connectivity index (χ0) is 13.1. The number of piperidine rings is 1. The Bertz CT molecular complexity index is 299. The maximum absolute atomic E-state index is 12.0. The van der Waals surface area contributed by atoms with Gasteiger partial charge in [-0.3, -0.25) is 9.69 Å². The molecule has 1 atom stereocenters. The monoisotopic (exact) mass is 237 g/mol. The van der Waals surface area contributed by atoms with Gasteiger partial charge in [0.2, 0.25) is 0 Å². The van der Waals surface area contributed by atoms with Gasteiger partial charge in [-0.15, -0.1) is 0 Å². The average molecular weight is 237 g/mol. The van der Waals surface area contributed by atoms with Crippen LogP contribution in [0.3, 0.4) is 0 Å². The number of likely N-dealkylation sites (tertiary alicyclic amines) is 1. The van der Waals surface area contributed by atoms with Gasteiger partial charge in [0, 0.05) is 6.54 Å². The van der Waals surface area contributed by atoms with Crippen LogP contribution in [-0.2, 0) is 9.53 Å². The van der Waals surface area contributed by atoms with Gasteiger partial charge in [0.15, 0.2) is 0 Å².